The molecule has 0 aromatic carbocycles. The first kappa shape index (κ1) is 13.9. The van der Waals surface area contributed by atoms with Gasteiger partial charge in [-0.05, 0) is 50.4 Å². The van der Waals surface area contributed by atoms with E-state index >= 15 is 0 Å². The molecule has 2 nitrogen and oxygen atoms in total. The van der Waals surface area contributed by atoms with Crippen LogP contribution in [0.4, 0.5) is 0 Å². The van der Waals surface area contributed by atoms with E-state index in [4.69, 9.17) is 4.74 Å². The highest BCUT2D eigenvalue weighted by Crippen LogP contribution is 2.47. The molecule has 0 amide bonds. The maximum atomic E-state index is 9.85. The molecule has 1 spiro atoms. The zero-order valence-electron chi connectivity index (χ0n) is 12.3. The van der Waals surface area contributed by atoms with Gasteiger partial charge in [0.25, 0.3) is 0 Å². The number of aliphatic hydroxyl groups excluding tert-OH is 1. The third-order valence-electron chi connectivity index (χ3n) is 6.01. The van der Waals surface area contributed by atoms with Crippen molar-refractivity contribution in [1.29, 1.82) is 0 Å². The molecule has 1 N–H and O–H groups in total. The van der Waals surface area contributed by atoms with Crippen LogP contribution in [0.2, 0.25) is 0 Å². The second kappa shape index (κ2) is 5.73. The van der Waals surface area contributed by atoms with Gasteiger partial charge in [0.2, 0.25) is 0 Å². The average Bonchev–Trinajstić information content (AvgIpc) is 2.83. The largest absolute Gasteiger partial charge is 0.396 e. The Morgan fingerprint density at radius 3 is 2.11 bits per heavy atom. The van der Waals surface area contributed by atoms with E-state index in [-0.39, 0.29) is 11.0 Å². The van der Waals surface area contributed by atoms with Gasteiger partial charge in [-0.1, -0.05) is 38.5 Å². The van der Waals surface area contributed by atoms with E-state index in [1.807, 2.05) is 0 Å². The van der Waals surface area contributed by atoms with Crippen molar-refractivity contribution in [2.45, 2.75) is 95.2 Å². The van der Waals surface area contributed by atoms with Crippen LogP contribution in [0, 0.1) is 5.41 Å². The van der Waals surface area contributed by atoms with Crippen molar-refractivity contribution in [2.75, 3.05) is 6.61 Å². The lowest BCUT2D eigenvalue weighted by molar-refractivity contribution is -0.0856. The van der Waals surface area contributed by atoms with E-state index < -0.39 is 0 Å². The molecule has 2 saturated carbocycles. The summed E-state index contributed by atoms with van der Waals surface area (Å²) in [4.78, 5) is 0. The van der Waals surface area contributed by atoms with Crippen LogP contribution in [0.3, 0.4) is 0 Å². The Morgan fingerprint density at radius 2 is 1.47 bits per heavy atom. The Hall–Kier alpha value is -0.0800. The van der Waals surface area contributed by atoms with Gasteiger partial charge in [-0.25, -0.2) is 0 Å². The minimum atomic E-state index is 0.198. The van der Waals surface area contributed by atoms with Crippen LogP contribution in [0.1, 0.15) is 83.5 Å². The number of ether oxygens (including phenoxy) is 1. The molecule has 1 atom stereocenters. The average molecular weight is 266 g/mol. The number of rotatable bonds is 3. The summed E-state index contributed by atoms with van der Waals surface area (Å²) in [7, 11) is 0. The molecule has 1 unspecified atom stereocenters. The van der Waals surface area contributed by atoms with Gasteiger partial charge in [0.1, 0.15) is 0 Å². The molecule has 1 saturated heterocycles. The fourth-order valence-electron chi connectivity index (χ4n) is 4.81. The van der Waals surface area contributed by atoms with Crippen LogP contribution in [0.25, 0.3) is 0 Å². The predicted octanol–water partition coefficient (Wildman–Crippen LogP) is 4.20. The Kier molecular flexibility index (Phi) is 4.19. The van der Waals surface area contributed by atoms with E-state index in [1.165, 1.54) is 77.0 Å². The van der Waals surface area contributed by atoms with Crippen LogP contribution >= 0.6 is 0 Å². The molecule has 0 aromatic heterocycles. The molecule has 0 aromatic rings. The zero-order valence-corrected chi connectivity index (χ0v) is 12.3. The molecule has 19 heavy (non-hydrogen) atoms. The van der Waals surface area contributed by atoms with Crippen molar-refractivity contribution in [3.8, 4) is 0 Å². The quantitative estimate of drug-likeness (QED) is 0.829. The van der Waals surface area contributed by atoms with Gasteiger partial charge in [0.15, 0.2) is 0 Å². The maximum absolute atomic E-state index is 9.85. The molecule has 2 aliphatic carbocycles. The fourth-order valence-corrected chi connectivity index (χ4v) is 4.81. The van der Waals surface area contributed by atoms with Gasteiger partial charge in [-0.3, -0.25) is 0 Å². The SMILES string of the molecule is OCC1(CC2CCC3(CCCCC3)O2)CCCCC1. The summed E-state index contributed by atoms with van der Waals surface area (Å²) in [5.74, 6) is 0. The van der Waals surface area contributed by atoms with Gasteiger partial charge in [0, 0.05) is 6.61 Å². The van der Waals surface area contributed by atoms with Crippen molar-refractivity contribution in [3.05, 3.63) is 0 Å². The van der Waals surface area contributed by atoms with Gasteiger partial charge in [0.05, 0.1) is 11.7 Å². The first-order chi connectivity index (χ1) is 9.26. The summed E-state index contributed by atoms with van der Waals surface area (Å²) in [5.41, 5.74) is 0.442. The Morgan fingerprint density at radius 1 is 0.842 bits per heavy atom. The smallest absolute Gasteiger partial charge is 0.0687 e. The molecule has 1 heterocycles. The standard InChI is InChI=1S/C17H30O2/c18-14-16(8-3-1-4-9-16)13-15-7-12-17(19-15)10-5-2-6-11-17/h15,18H,1-14H2. The van der Waals surface area contributed by atoms with Crippen molar-refractivity contribution in [3.63, 3.8) is 0 Å². The van der Waals surface area contributed by atoms with Crippen molar-refractivity contribution in [2.24, 2.45) is 5.41 Å². The van der Waals surface area contributed by atoms with Crippen LogP contribution in [0.15, 0.2) is 0 Å². The van der Waals surface area contributed by atoms with Gasteiger partial charge < -0.3 is 9.84 Å². The molecule has 1 aliphatic heterocycles. The number of hydrogen-bond donors (Lipinski definition) is 1. The lowest BCUT2D eigenvalue weighted by Crippen LogP contribution is -2.35. The third-order valence-corrected chi connectivity index (χ3v) is 6.01. The third kappa shape index (κ3) is 3.00. The van der Waals surface area contributed by atoms with Gasteiger partial charge in [-0.15, -0.1) is 0 Å². The molecule has 0 radical (unpaired) electrons. The minimum absolute atomic E-state index is 0.198. The fraction of sp³-hybridized carbons (Fsp3) is 1.00. The van der Waals surface area contributed by atoms with Gasteiger partial charge in [-0.2, -0.15) is 0 Å². The van der Waals surface area contributed by atoms with E-state index in [0.29, 0.717) is 12.7 Å². The van der Waals surface area contributed by atoms with Crippen molar-refractivity contribution in [1.82, 2.24) is 0 Å². The Labute approximate surface area is 117 Å². The van der Waals surface area contributed by atoms with E-state index in [1.54, 1.807) is 0 Å². The highest BCUT2D eigenvalue weighted by Gasteiger charge is 2.44. The molecular weight excluding hydrogens is 236 g/mol. The first-order valence-electron chi connectivity index (χ1n) is 8.55. The summed E-state index contributed by atoms with van der Waals surface area (Å²) in [6.07, 6.45) is 17.2. The molecule has 3 fully saturated rings. The molecule has 2 heteroatoms. The number of hydrogen-bond acceptors (Lipinski definition) is 2. The Bertz CT molecular complexity index is 288. The highest BCUT2D eigenvalue weighted by atomic mass is 16.5. The first-order valence-corrected chi connectivity index (χ1v) is 8.55. The normalized spacial score (nSPS) is 33.6. The lowest BCUT2D eigenvalue weighted by Gasteiger charge is -2.39. The summed E-state index contributed by atoms with van der Waals surface area (Å²) >= 11 is 0. The van der Waals surface area contributed by atoms with Crippen LogP contribution in [-0.2, 0) is 4.74 Å². The maximum Gasteiger partial charge on any atom is 0.0687 e. The molecule has 3 aliphatic rings. The lowest BCUT2D eigenvalue weighted by atomic mass is 9.71. The van der Waals surface area contributed by atoms with Crippen LogP contribution in [0.5, 0.6) is 0 Å². The van der Waals surface area contributed by atoms with E-state index in [9.17, 15) is 5.11 Å². The van der Waals surface area contributed by atoms with Gasteiger partial charge >= 0.3 is 0 Å². The zero-order chi connectivity index (χ0) is 13.2. The monoisotopic (exact) mass is 266 g/mol. The van der Waals surface area contributed by atoms with Crippen LogP contribution < -0.4 is 0 Å². The minimum Gasteiger partial charge on any atom is -0.396 e. The molecule has 3 rings (SSSR count). The summed E-state index contributed by atoms with van der Waals surface area (Å²) in [5, 5.41) is 9.85. The predicted molar refractivity (Wildman–Crippen MR) is 77.1 cm³/mol. The molecular formula is C17H30O2. The summed E-state index contributed by atoms with van der Waals surface area (Å²) in [6, 6.07) is 0. The van der Waals surface area contributed by atoms with Crippen molar-refractivity contribution < 1.29 is 9.84 Å². The van der Waals surface area contributed by atoms with Crippen LogP contribution in [-0.4, -0.2) is 23.4 Å². The van der Waals surface area contributed by atoms with Crippen molar-refractivity contribution >= 4 is 0 Å². The van der Waals surface area contributed by atoms with E-state index in [2.05, 4.69) is 0 Å². The number of aliphatic hydroxyl groups is 1. The summed E-state index contributed by atoms with van der Waals surface area (Å²) < 4.78 is 6.51. The topological polar surface area (TPSA) is 29.5 Å². The molecule has 0 bridgehead atoms. The summed E-state index contributed by atoms with van der Waals surface area (Å²) in [6.45, 7) is 0.375. The van der Waals surface area contributed by atoms with E-state index in [0.717, 1.165) is 6.42 Å². The Balaban J connectivity index is 1.58. The molecule has 110 valence electrons. The second-order valence-electron chi connectivity index (χ2n) is 7.45. The second-order valence-corrected chi connectivity index (χ2v) is 7.45. The highest BCUT2D eigenvalue weighted by molar-refractivity contribution is 4.94.